The van der Waals surface area contributed by atoms with Crippen molar-refractivity contribution in [3.05, 3.63) is 58.4 Å². The number of aryl methyl sites for hydroxylation is 4. The Labute approximate surface area is 153 Å². The van der Waals surface area contributed by atoms with Gasteiger partial charge < -0.3 is 4.90 Å². The molecular formula is C21H24N4O. The number of aromatic nitrogens is 3. The number of likely N-dealkylation sites (tertiary alicyclic amines) is 1. The Balaban J connectivity index is 1.77. The van der Waals surface area contributed by atoms with E-state index in [-0.39, 0.29) is 11.9 Å². The lowest BCUT2D eigenvalue weighted by molar-refractivity contribution is 0.0737. The third kappa shape index (κ3) is 2.68. The summed E-state index contributed by atoms with van der Waals surface area (Å²) >= 11 is 0. The van der Waals surface area contributed by atoms with Gasteiger partial charge in [-0.3, -0.25) is 9.48 Å². The Kier molecular flexibility index (Phi) is 4.02. The molecule has 0 aliphatic carbocycles. The topological polar surface area (TPSA) is 51.0 Å². The van der Waals surface area contributed by atoms with Crippen LogP contribution in [0, 0.1) is 20.8 Å². The molecule has 5 nitrogen and oxygen atoms in total. The molecule has 1 atom stereocenters. The number of carbonyl (C=O) groups is 1. The summed E-state index contributed by atoms with van der Waals surface area (Å²) in [7, 11) is 1.88. The zero-order chi connectivity index (χ0) is 18.4. The summed E-state index contributed by atoms with van der Waals surface area (Å²) in [6, 6.07) is 10.6. The zero-order valence-electron chi connectivity index (χ0n) is 15.8. The van der Waals surface area contributed by atoms with Crippen molar-refractivity contribution in [3.8, 4) is 0 Å². The number of rotatable bonds is 2. The molecular weight excluding hydrogens is 324 g/mol. The smallest absolute Gasteiger partial charge is 0.255 e. The normalized spacial score (nSPS) is 17.2. The molecule has 3 aromatic rings. The van der Waals surface area contributed by atoms with Crippen LogP contribution < -0.4 is 0 Å². The number of hydrogen-bond donors (Lipinski definition) is 0. The molecule has 0 spiro atoms. The minimum absolute atomic E-state index is 0.0830. The number of fused-ring (bicyclic) bond motifs is 1. The standard InChI is InChI=1S/C21H24N4O/c1-13-7-9-16(10-8-13)18-6-5-11-25(18)21(26)17-12-14(2)22-20-19(17)15(3)23-24(20)4/h7-10,12,18H,5-6,11H2,1-4H3. The predicted octanol–water partition coefficient (Wildman–Crippen LogP) is 3.87. The van der Waals surface area contributed by atoms with Crippen molar-refractivity contribution in [2.45, 2.75) is 39.7 Å². The molecule has 0 radical (unpaired) electrons. The van der Waals surface area contributed by atoms with Crippen LogP contribution in [0.4, 0.5) is 0 Å². The van der Waals surface area contributed by atoms with Crippen molar-refractivity contribution in [3.63, 3.8) is 0 Å². The average molecular weight is 348 g/mol. The maximum Gasteiger partial charge on any atom is 0.255 e. The fourth-order valence-electron chi connectivity index (χ4n) is 4.04. The maximum absolute atomic E-state index is 13.5. The van der Waals surface area contributed by atoms with Gasteiger partial charge in [0.2, 0.25) is 0 Å². The lowest BCUT2D eigenvalue weighted by atomic mass is 10.0. The molecule has 0 bridgehead atoms. The Morgan fingerprint density at radius 3 is 2.62 bits per heavy atom. The number of amides is 1. The van der Waals surface area contributed by atoms with E-state index >= 15 is 0 Å². The molecule has 1 aromatic carbocycles. The first kappa shape index (κ1) is 16.8. The molecule has 0 N–H and O–H groups in total. The molecule has 1 amide bonds. The maximum atomic E-state index is 13.5. The van der Waals surface area contributed by atoms with Gasteiger partial charge >= 0.3 is 0 Å². The quantitative estimate of drug-likeness (QED) is 0.706. The van der Waals surface area contributed by atoms with E-state index in [4.69, 9.17) is 0 Å². The average Bonchev–Trinajstić information content (AvgIpc) is 3.20. The second-order valence-corrected chi connectivity index (χ2v) is 7.29. The van der Waals surface area contributed by atoms with Crippen molar-refractivity contribution in [2.24, 2.45) is 7.05 Å². The van der Waals surface area contributed by atoms with E-state index in [0.29, 0.717) is 0 Å². The molecule has 1 aliphatic heterocycles. The van der Waals surface area contributed by atoms with Crippen LogP contribution in [0.25, 0.3) is 11.0 Å². The number of benzene rings is 1. The van der Waals surface area contributed by atoms with E-state index in [1.54, 1.807) is 4.68 Å². The van der Waals surface area contributed by atoms with Crippen LogP contribution in [0.5, 0.6) is 0 Å². The van der Waals surface area contributed by atoms with Gasteiger partial charge in [-0.2, -0.15) is 5.10 Å². The van der Waals surface area contributed by atoms with Crippen LogP contribution in [0.15, 0.2) is 30.3 Å². The summed E-state index contributed by atoms with van der Waals surface area (Å²) < 4.78 is 1.76. The minimum Gasteiger partial charge on any atom is -0.332 e. The lowest BCUT2D eigenvalue weighted by Gasteiger charge is -2.26. The van der Waals surface area contributed by atoms with Crippen molar-refractivity contribution in [1.29, 1.82) is 0 Å². The van der Waals surface area contributed by atoms with E-state index in [2.05, 4.69) is 41.3 Å². The third-order valence-electron chi connectivity index (χ3n) is 5.30. The van der Waals surface area contributed by atoms with Crippen molar-refractivity contribution in [2.75, 3.05) is 6.54 Å². The summed E-state index contributed by atoms with van der Waals surface area (Å²) in [5.74, 6) is 0.0830. The van der Waals surface area contributed by atoms with Crippen molar-refractivity contribution >= 4 is 16.9 Å². The van der Waals surface area contributed by atoms with Crippen molar-refractivity contribution in [1.82, 2.24) is 19.7 Å². The first-order valence-electron chi connectivity index (χ1n) is 9.14. The van der Waals surface area contributed by atoms with Crippen LogP contribution in [-0.2, 0) is 7.05 Å². The highest BCUT2D eigenvalue weighted by Crippen LogP contribution is 2.34. The Morgan fingerprint density at radius 2 is 1.88 bits per heavy atom. The van der Waals surface area contributed by atoms with Crippen LogP contribution in [0.1, 0.15) is 51.8 Å². The highest BCUT2D eigenvalue weighted by molar-refractivity contribution is 6.06. The SMILES string of the molecule is Cc1ccc(C2CCCN2C(=O)c2cc(C)nc3c2c(C)nn3C)cc1. The molecule has 2 aromatic heterocycles. The molecule has 3 heterocycles. The highest BCUT2D eigenvalue weighted by atomic mass is 16.2. The van der Waals surface area contributed by atoms with Gasteiger partial charge in [0.05, 0.1) is 22.7 Å². The summed E-state index contributed by atoms with van der Waals surface area (Å²) in [4.78, 5) is 20.1. The molecule has 1 aliphatic rings. The van der Waals surface area contributed by atoms with Gasteiger partial charge in [0.15, 0.2) is 5.65 Å². The highest BCUT2D eigenvalue weighted by Gasteiger charge is 2.32. The lowest BCUT2D eigenvalue weighted by Crippen LogP contribution is -2.31. The Hall–Kier alpha value is -2.69. The van der Waals surface area contributed by atoms with Crippen molar-refractivity contribution < 1.29 is 4.79 Å². The van der Waals surface area contributed by atoms with Gasteiger partial charge in [0.25, 0.3) is 5.91 Å². The second-order valence-electron chi connectivity index (χ2n) is 7.29. The van der Waals surface area contributed by atoms with E-state index in [0.717, 1.165) is 47.4 Å². The van der Waals surface area contributed by atoms with E-state index < -0.39 is 0 Å². The predicted molar refractivity (Wildman–Crippen MR) is 102 cm³/mol. The van der Waals surface area contributed by atoms with Crippen LogP contribution in [0.3, 0.4) is 0 Å². The van der Waals surface area contributed by atoms with Gasteiger partial charge in [0.1, 0.15) is 0 Å². The molecule has 134 valence electrons. The van der Waals surface area contributed by atoms with E-state index in [9.17, 15) is 4.79 Å². The molecule has 5 heteroatoms. The zero-order valence-corrected chi connectivity index (χ0v) is 15.8. The molecule has 26 heavy (non-hydrogen) atoms. The third-order valence-corrected chi connectivity index (χ3v) is 5.30. The Bertz CT molecular complexity index is 987. The van der Waals surface area contributed by atoms with Gasteiger partial charge in [-0.25, -0.2) is 4.98 Å². The number of pyridine rings is 1. The fraction of sp³-hybridized carbons (Fsp3) is 0.381. The first-order chi connectivity index (χ1) is 12.5. The number of hydrogen-bond acceptors (Lipinski definition) is 3. The molecule has 1 saturated heterocycles. The van der Waals surface area contributed by atoms with Gasteiger partial charge in [0, 0.05) is 19.3 Å². The fourth-order valence-corrected chi connectivity index (χ4v) is 4.04. The van der Waals surface area contributed by atoms with Gasteiger partial charge in [-0.05, 0) is 45.2 Å². The monoisotopic (exact) mass is 348 g/mol. The second kappa shape index (κ2) is 6.24. The first-order valence-corrected chi connectivity index (χ1v) is 9.14. The molecule has 1 fully saturated rings. The van der Waals surface area contributed by atoms with Crippen LogP contribution >= 0.6 is 0 Å². The van der Waals surface area contributed by atoms with Crippen LogP contribution in [0.2, 0.25) is 0 Å². The Morgan fingerprint density at radius 1 is 1.15 bits per heavy atom. The summed E-state index contributed by atoms with van der Waals surface area (Å²) in [5, 5.41) is 5.34. The summed E-state index contributed by atoms with van der Waals surface area (Å²) in [6.07, 6.45) is 2.04. The number of nitrogens with zero attached hydrogens (tertiary/aromatic N) is 4. The number of carbonyl (C=O) groups excluding carboxylic acids is 1. The molecule has 4 rings (SSSR count). The summed E-state index contributed by atoms with van der Waals surface area (Å²) in [6.45, 7) is 6.75. The largest absolute Gasteiger partial charge is 0.332 e. The van der Waals surface area contributed by atoms with Crippen LogP contribution in [-0.4, -0.2) is 32.1 Å². The van der Waals surface area contributed by atoms with E-state index in [1.807, 2.05) is 31.9 Å². The van der Waals surface area contributed by atoms with E-state index in [1.165, 1.54) is 11.1 Å². The van der Waals surface area contributed by atoms with Gasteiger partial charge in [-0.15, -0.1) is 0 Å². The molecule has 1 unspecified atom stereocenters. The minimum atomic E-state index is 0.0830. The van der Waals surface area contributed by atoms with Gasteiger partial charge in [-0.1, -0.05) is 29.8 Å². The summed E-state index contributed by atoms with van der Waals surface area (Å²) in [5.41, 5.74) is 5.64. The molecule has 0 saturated carbocycles.